The van der Waals surface area contributed by atoms with E-state index in [9.17, 15) is 5.11 Å². The predicted molar refractivity (Wildman–Crippen MR) is 139 cm³/mol. The fourth-order valence-corrected chi connectivity index (χ4v) is 6.81. The largest absolute Gasteiger partial charge is 0.410 e. The lowest BCUT2D eigenvalue weighted by Crippen LogP contribution is -2.44. The van der Waals surface area contributed by atoms with Gasteiger partial charge in [0.05, 0.1) is 31.6 Å². The van der Waals surface area contributed by atoms with Gasteiger partial charge in [-0.25, -0.2) is 0 Å². The summed E-state index contributed by atoms with van der Waals surface area (Å²) in [6.07, 6.45) is 6.94. The summed E-state index contributed by atoms with van der Waals surface area (Å²) in [4.78, 5) is 5.36. The average Bonchev–Trinajstić information content (AvgIpc) is 2.77. The fourth-order valence-electron chi connectivity index (χ4n) is 5.54. The first kappa shape index (κ1) is 26.0. The number of fused-ring (bicyclic) bond motifs is 1. The number of aliphatic hydroxyl groups excluding tert-OH is 1. The maximum Gasteiger partial charge on any atom is 0.192 e. The molecule has 1 aliphatic carbocycles. The van der Waals surface area contributed by atoms with Crippen molar-refractivity contribution in [2.24, 2.45) is 5.41 Å². The van der Waals surface area contributed by atoms with Gasteiger partial charge in [-0.05, 0) is 66.8 Å². The van der Waals surface area contributed by atoms with Gasteiger partial charge in [-0.2, -0.15) is 0 Å². The van der Waals surface area contributed by atoms with E-state index >= 15 is 0 Å². The average molecular weight is 488 g/mol. The number of pyridine rings is 1. The van der Waals surface area contributed by atoms with Gasteiger partial charge in [-0.15, -0.1) is 0 Å². The normalized spacial score (nSPS) is 24.0. The molecule has 2 aliphatic heterocycles. The number of ether oxygens (including phenoxy) is 2. The van der Waals surface area contributed by atoms with E-state index in [1.807, 2.05) is 0 Å². The highest BCUT2D eigenvalue weighted by molar-refractivity contribution is 6.74. The molecule has 6 heteroatoms. The van der Waals surface area contributed by atoms with Crippen LogP contribution < -0.4 is 0 Å². The number of nitrogens with zero attached hydrogens (tertiary/aromatic N) is 1. The van der Waals surface area contributed by atoms with Crippen molar-refractivity contribution >= 4 is 13.9 Å². The van der Waals surface area contributed by atoms with Gasteiger partial charge < -0.3 is 19.0 Å². The molecule has 0 radical (unpaired) electrons. The molecule has 0 aromatic carbocycles. The minimum atomic E-state index is -2.02. The molecule has 0 bridgehead atoms. The standard InChI is InChI=1S/C28H45NO4Si/c1-27(2,3)34(6,7)33-23-17-28(4,5)16-22-25(23)24(19-8-12-31-13-9-19)21(18-30)26(29-22)20-10-14-32-15-11-20/h8,20,23,30H,9-18H2,1-7H3/t23-/m0/s1. The van der Waals surface area contributed by atoms with Crippen LogP contribution in [-0.2, 0) is 26.9 Å². The highest BCUT2D eigenvalue weighted by Crippen LogP contribution is 2.50. The third-order valence-corrected chi connectivity index (χ3v) is 12.9. The summed E-state index contributed by atoms with van der Waals surface area (Å²) in [7, 11) is -2.02. The maximum atomic E-state index is 10.8. The minimum Gasteiger partial charge on any atom is -0.410 e. The predicted octanol–water partition coefficient (Wildman–Crippen LogP) is 6.31. The first-order valence-electron chi connectivity index (χ1n) is 13.1. The van der Waals surface area contributed by atoms with Crippen molar-refractivity contribution in [3.05, 3.63) is 34.2 Å². The summed E-state index contributed by atoms with van der Waals surface area (Å²) in [5, 5.41) is 10.9. The van der Waals surface area contributed by atoms with Gasteiger partial charge in [-0.3, -0.25) is 4.98 Å². The van der Waals surface area contributed by atoms with E-state index in [0.717, 1.165) is 63.2 Å². The second-order valence-corrected chi connectivity index (χ2v) is 17.5. The van der Waals surface area contributed by atoms with Crippen LogP contribution in [0.15, 0.2) is 6.08 Å². The van der Waals surface area contributed by atoms with Gasteiger partial charge in [0.2, 0.25) is 0 Å². The van der Waals surface area contributed by atoms with E-state index in [0.29, 0.717) is 12.5 Å². The molecule has 5 nitrogen and oxygen atoms in total. The van der Waals surface area contributed by atoms with Gasteiger partial charge in [0.25, 0.3) is 0 Å². The van der Waals surface area contributed by atoms with E-state index in [2.05, 4.69) is 53.8 Å². The molecule has 0 saturated carbocycles. The zero-order valence-corrected chi connectivity index (χ0v) is 23.4. The van der Waals surface area contributed by atoms with Crippen molar-refractivity contribution in [3.63, 3.8) is 0 Å². The number of aromatic nitrogens is 1. The molecular weight excluding hydrogens is 442 g/mol. The third kappa shape index (κ3) is 5.22. The molecule has 1 fully saturated rings. The van der Waals surface area contributed by atoms with Gasteiger partial charge in [-0.1, -0.05) is 40.7 Å². The Morgan fingerprint density at radius 3 is 2.44 bits per heavy atom. The molecule has 0 unspecified atom stereocenters. The van der Waals surface area contributed by atoms with E-state index in [1.165, 1.54) is 22.4 Å². The van der Waals surface area contributed by atoms with Crippen LogP contribution in [0.2, 0.25) is 18.1 Å². The smallest absolute Gasteiger partial charge is 0.192 e. The molecule has 0 spiro atoms. The van der Waals surface area contributed by atoms with E-state index < -0.39 is 8.32 Å². The Morgan fingerprint density at radius 1 is 1.15 bits per heavy atom. The first-order chi connectivity index (χ1) is 15.9. The zero-order chi connectivity index (χ0) is 24.7. The van der Waals surface area contributed by atoms with Crippen LogP contribution in [0.25, 0.3) is 5.57 Å². The molecule has 1 atom stereocenters. The second-order valence-electron chi connectivity index (χ2n) is 12.7. The molecule has 4 rings (SSSR count). The summed E-state index contributed by atoms with van der Waals surface area (Å²) in [5.74, 6) is 0.338. The van der Waals surface area contributed by atoms with Crippen LogP contribution in [0.1, 0.15) is 100 Å². The van der Waals surface area contributed by atoms with Crippen LogP contribution >= 0.6 is 0 Å². The fraction of sp³-hybridized carbons (Fsp3) is 0.750. The second kappa shape index (κ2) is 9.77. The van der Waals surface area contributed by atoms with Gasteiger partial charge in [0.15, 0.2) is 8.32 Å². The van der Waals surface area contributed by atoms with Crippen LogP contribution in [-0.4, -0.2) is 44.8 Å². The van der Waals surface area contributed by atoms with Crippen LogP contribution in [0.4, 0.5) is 0 Å². The van der Waals surface area contributed by atoms with E-state index in [4.69, 9.17) is 18.9 Å². The van der Waals surface area contributed by atoms with Crippen LogP contribution in [0.5, 0.6) is 0 Å². The third-order valence-electron chi connectivity index (χ3n) is 8.45. The Labute approximate surface area is 207 Å². The zero-order valence-electron chi connectivity index (χ0n) is 22.4. The van der Waals surface area contributed by atoms with Crippen molar-refractivity contribution in [2.75, 3.05) is 26.4 Å². The molecule has 0 amide bonds. The SMILES string of the molecule is CC1(C)Cc2nc(C3CCOCC3)c(CO)c(C3=CCOCC3)c2[C@@H](O[Si](C)(C)C(C)(C)C)C1. The Morgan fingerprint density at radius 2 is 1.85 bits per heavy atom. The van der Waals surface area contributed by atoms with Gasteiger partial charge in [0.1, 0.15) is 0 Å². The maximum absolute atomic E-state index is 10.8. The molecule has 1 saturated heterocycles. The Bertz CT molecular complexity index is 925. The van der Waals surface area contributed by atoms with Crippen molar-refractivity contribution in [2.45, 2.75) is 103 Å². The van der Waals surface area contributed by atoms with Crippen molar-refractivity contribution in [1.29, 1.82) is 0 Å². The first-order valence-corrected chi connectivity index (χ1v) is 16.0. The Hall–Kier alpha value is -1.05. The summed E-state index contributed by atoms with van der Waals surface area (Å²) in [6.45, 7) is 19.2. The van der Waals surface area contributed by atoms with E-state index in [-0.39, 0.29) is 23.2 Å². The molecule has 3 heterocycles. The minimum absolute atomic E-state index is 0.0000688. The number of rotatable bonds is 5. The monoisotopic (exact) mass is 487 g/mol. The summed E-state index contributed by atoms with van der Waals surface area (Å²) >= 11 is 0. The molecule has 34 heavy (non-hydrogen) atoms. The summed E-state index contributed by atoms with van der Waals surface area (Å²) in [6, 6.07) is 0. The van der Waals surface area contributed by atoms with E-state index in [1.54, 1.807) is 0 Å². The molecule has 1 aromatic heterocycles. The number of hydrogen-bond donors (Lipinski definition) is 1. The Balaban J connectivity index is 1.93. The highest BCUT2D eigenvalue weighted by atomic mass is 28.4. The summed E-state index contributed by atoms with van der Waals surface area (Å²) < 4.78 is 18.5. The van der Waals surface area contributed by atoms with Crippen molar-refractivity contribution in [3.8, 4) is 0 Å². The van der Waals surface area contributed by atoms with Crippen molar-refractivity contribution < 1.29 is 19.0 Å². The lowest BCUT2D eigenvalue weighted by molar-refractivity contribution is 0.0832. The highest BCUT2D eigenvalue weighted by Gasteiger charge is 2.44. The Kier molecular flexibility index (Phi) is 7.48. The lowest BCUT2D eigenvalue weighted by atomic mass is 9.71. The molecule has 1 N–H and O–H groups in total. The van der Waals surface area contributed by atoms with Gasteiger partial charge in [0, 0.05) is 36.0 Å². The quantitative estimate of drug-likeness (QED) is 0.493. The van der Waals surface area contributed by atoms with Crippen LogP contribution in [0.3, 0.4) is 0 Å². The lowest BCUT2D eigenvalue weighted by Gasteiger charge is -2.45. The number of aliphatic hydroxyl groups is 1. The molecule has 1 aromatic rings. The van der Waals surface area contributed by atoms with Crippen LogP contribution in [0, 0.1) is 5.41 Å². The topological polar surface area (TPSA) is 60.8 Å². The van der Waals surface area contributed by atoms with Gasteiger partial charge >= 0.3 is 0 Å². The molecular formula is C28H45NO4Si. The number of hydrogen-bond acceptors (Lipinski definition) is 5. The molecule has 190 valence electrons. The molecule has 3 aliphatic rings. The summed E-state index contributed by atoms with van der Waals surface area (Å²) in [5.41, 5.74) is 7.17. The van der Waals surface area contributed by atoms with Crippen molar-refractivity contribution in [1.82, 2.24) is 4.98 Å².